The Bertz CT molecular complexity index is 208. The van der Waals surface area contributed by atoms with E-state index in [-0.39, 0.29) is 5.60 Å². The Balaban J connectivity index is 2.75. The van der Waals surface area contributed by atoms with E-state index in [1.165, 1.54) is 6.42 Å². The van der Waals surface area contributed by atoms with Gasteiger partial charge in [0.25, 0.3) is 0 Å². The van der Waals surface area contributed by atoms with E-state index in [0.717, 1.165) is 32.1 Å². The molecule has 1 fully saturated rings. The minimum Gasteiger partial charge on any atom is -0.133 e. The predicted molar refractivity (Wildman–Crippen MR) is 56.2 cm³/mol. The normalized spacial score (nSPS) is 34.2. The van der Waals surface area contributed by atoms with Crippen molar-refractivity contribution in [3.8, 4) is 0 Å². The first-order valence-corrected chi connectivity index (χ1v) is 6.63. The smallest absolute Gasteiger partial charge is 0.133 e. The molecule has 14 heavy (non-hydrogen) atoms. The number of hydrogen-bond donors (Lipinski definition) is 1. The second kappa shape index (κ2) is 5.20. The minimum absolute atomic E-state index is 0.324. The minimum atomic E-state index is -2.46. The highest BCUT2D eigenvalue weighted by Crippen LogP contribution is 2.45. The molecule has 3 atom stereocenters. The van der Waals surface area contributed by atoms with E-state index in [0.29, 0.717) is 5.92 Å². The molecule has 82 valence electrons. The summed E-state index contributed by atoms with van der Waals surface area (Å²) in [6.45, 7) is 4.18. The Morgan fingerprint density at radius 2 is 2.21 bits per heavy atom. The Morgan fingerprint density at radius 3 is 2.71 bits per heavy atom. The van der Waals surface area contributed by atoms with Gasteiger partial charge in [0.05, 0.1) is 0 Å². The van der Waals surface area contributed by atoms with E-state index in [4.69, 9.17) is 9.42 Å². The van der Waals surface area contributed by atoms with Crippen LogP contribution in [0.5, 0.6) is 0 Å². The van der Waals surface area contributed by atoms with Crippen LogP contribution in [0.2, 0.25) is 0 Å². The lowest BCUT2D eigenvalue weighted by atomic mass is 9.73. The summed E-state index contributed by atoms with van der Waals surface area (Å²) in [4.78, 5) is 8.90. The lowest BCUT2D eigenvalue weighted by molar-refractivity contribution is -0.0302. The molecule has 0 radical (unpaired) electrons. The van der Waals surface area contributed by atoms with Gasteiger partial charge in [0.15, 0.2) is 0 Å². The third-order valence-corrected chi connectivity index (χ3v) is 4.02. The van der Waals surface area contributed by atoms with Gasteiger partial charge in [0, 0.05) is 4.57 Å². The van der Waals surface area contributed by atoms with Gasteiger partial charge in [-0.3, -0.25) is 0 Å². The largest absolute Gasteiger partial charge is 0.695 e. The van der Waals surface area contributed by atoms with Crippen LogP contribution >= 0.6 is 8.25 Å². The highest BCUT2D eigenvalue weighted by atomic mass is 31.1. The molecule has 1 saturated carbocycles. The number of rotatable bonds is 4. The topological polar surface area (TPSA) is 46.5 Å². The summed E-state index contributed by atoms with van der Waals surface area (Å²) < 4.78 is 16.1. The molecule has 0 aromatic rings. The zero-order chi connectivity index (χ0) is 10.6. The lowest BCUT2D eigenvalue weighted by Gasteiger charge is -2.38. The summed E-state index contributed by atoms with van der Waals surface area (Å²) in [6.07, 6.45) is 6.29. The summed E-state index contributed by atoms with van der Waals surface area (Å²) in [5.41, 5.74) is -0.324. The SMILES string of the molecule is CCC1CCCCC1(CC)O[P+](=O)O. The highest BCUT2D eigenvalue weighted by Gasteiger charge is 2.46. The van der Waals surface area contributed by atoms with Crippen LogP contribution < -0.4 is 0 Å². The maximum atomic E-state index is 10.8. The van der Waals surface area contributed by atoms with Crippen molar-refractivity contribution in [1.29, 1.82) is 0 Å². The zero-order valence-electron chi connectivity index (χ0n) is 9.03. The fourth-order valence-corrected chi connectivity index (χ4v) is 3.34. The summed E-state index contributed by atoms with van der Waals surface area (Å²) in [7, 11) is -2.46. The second-order valence-corrected chi connectivity index (χ2v) is 4.76. The fourth-order valence-electron chi connectivity index (χ4n) is 2.66. The molecular weight excluding hydrogens is 199 g/mol. The monoisotopic (exact) mass is 219 g/mol. The van der Waals surface area contributed by atoms with Crippen molar-refractivity contribution in [2.45, 2.75) is 58.0 Å². The molecule has 0 aromatic carbocycles. The molecule has 1 aliphatic rings. The van der Waals surface area contributed by atoms with E-state index in [2.05, 4.69) is 6.92 Å². The van der Waals surface area contributed by atoms with Crippen molar-refractivity contribution in [2.24, 2.45) is 5.92 Å². The first-order chi connectivity index (χ1) is 6.64. The molecule has 1 rings (SSSR count). The average Bonchev–Trinajstić information content (AvgIpc) is 2.17. The fraction of sp³-hybridized carbons (Fsp3) is 1.00. The van der Waals surface area contributed by atoms with E-state index in [1.54, 1.807) is 0 Å². The van der Waals surface area contributed by atoms with Gasteiger partial charge in [-0.25, -0.2) is 0 Å². The molecule has 0 aromatic heterocycles. The second-order valence-electron chi connectivity index (χ2n) is 4.10. The van der Waals surface area contributed by atoms with E-state index < -0.39 is 8.25 Å². The third kappa shape index (κ3) is 2.53. The molecule has 1 N–H and O–H groups in total. The van der Waals surface area contributed by atoms with Gasteiger partial charge in [-0.05, 0) is 25.2 Å². The van der Waals surface area contributed by atoms with Crippen molar-refractivity contribution in [3.05, 3.63) is 0 Å². The van der Waals surface area contributed by atoms with Crippen molar-refractivity contribution >= 4 is 8.25 Å². The maximum Gasteiger partial charge on any atom is 0.695 e. The van der Waals surface area contributed by atoms with Gasteiger partial charge in [0.1, 0.15) is 5.60 Å². The first kappa shape index (κ1) is 12.1. The standard InChI is InChI=1S/C10H19O3P/c1-3-9-7-5-6-8-10(9,4-2)13-14(11)12/h9H,3-8H2,1-2H3/p+1. The summed E-state index contributed by atoms with van der Waals surface area (Å²) >= 11 is 0. The zero-order valence-corrected chi connectivity index (χ0v) is 9.93. The van der Waals surface area contributed by atoms with Gasteiger partial charge in [-0.1, -0.05) is 33.1 Å². The first-order valence-electron chi connectivity index (χ1n) is 5.50. The maximum absolute atomic E-state index is 10.8. The highest BCUT2D eigenvalue weighted by molar-refractivity contribution is 7.32. The van der Waals surface area contributed by atoms with Gasteiger partial charge in [-0.15, -0.1) is 9.42 Å². The molecule has 0 spiro atoms. The van der Waals surface area contributed by atoms with Crippen LogP contribution in [0.25, 0.3) is 0 Å². The Kier molecular flexibility index (Phi) is 4.49. The molecule has 0 amide bonds. The quantitative estimate of drug-likeness (QED) is 0.737. The van der Waals surface area contributed by atoms with Crippen LogP contribution in [0.3, 0.4) is 0 Å². The molecular formula is C10H20O3P+. The molecule has 0 bridgehead atoms. The van der Waals surface area contributed by atoms with Gasteiger partial charge >= 0.3 is 8.25 Å². The lowest BCUT2D eigenvalue weighted by Crippen LogP contribution is -2.41. The van der Waals surface area contributed by atoms with Crippen LogP contribution in [0.1, 0.15) is 52.4 Å². The molecule has 0 aliphatic heterocycles. The van der Waals surface area contributed by atoms with Crippen LogP contribution in [-0.2, 0) is 9.09 Å². The molecule has 3 unspecified atom stereocenters. The molecule has 1 aliphatic carbocycles. The van der Waals surface area contributed by atoms with Crippen molar-refractivity contribution in [1.82, 2.24) is 0 Å². The Hall–Kier alpha value is 0.0200. The van der Waals surface area contributed by atoms with Crippen LogP contribution in [0.15, 0.2) is 0 Å². The molecule has 3 nitrogen and oxygen atoms in total. The Morgan fingerprint density at radius 1 is 1.50 bits per heavy atom. The number of hydrogen-bond acceptors (Lipinski definition) is 2. The summed E-state index contributed by atoms with van der Waals surface area (Å²) in [5.74, 6) is 0.451. The summed E-state index contributed by atoms with van der Waals surface area (Å²) in [6, 6.07) is 0. The van der Waals surface area contributed by atoms with E-state index in [1.807, 2.05) is 6.92 Å². The van der Waals surface area contributed by atoms with E-state index >= 15 is 0 Å². The van der Waals surface area contributed by atoms with Crippen molar-refractivity contribution in [2.75, 3.05) is 0 Å². The summed E-state index contributed by atoms with van der Waals surface area (Å²) in [5, 5.41) is 0. The van der Waals surface area contributed by atoms with Crippen LogP contribution in [0.4, 0.5) is 0 Å². The van der Waals surface area contributed by atoms with Gasteiger partial charge < -0.3 is 0 Å². The molecule has 4 heteroatoms. The van der Waals surface area contributed by atoms with Crippen molar-refractivity contribution in [3.63, 3.8) is 0 Å². The molecule has 0 saturated heterocycles. The average molecular weight is 219 g/mol. The van der Waals surface area contributed by atoms with Gasteiger partial charge in [-0.2, -0.15) is 0 Å². The van der Waals surface area contributed by atoms with E-state index in [9.17, 15) is 4.57 Å². The van der Waals surface area contributed by atoms with Gasteiger partial charge in [0.2, 0.25) is 0 Å². The third-order valence-electron chi connectivity index (χ3n) is 3.50. The predicted octanol–water partition coefficient (Wildman–Crippen LogP) is 3.40. The van der Waals surface area contributed by atoms with Crippen LogP contribution in [-0.4, -0.2) is 10.5 Å². The van der Waals surface area contributed by atoms with Crippen molar-refractivity contribution < 1.29 is 14.0 Å². The van der Waals surface area contributed by atoms with Crippen LogP contribution in [0, 0.1) is 5.92 Å². The Labute approximate surface area is 86.8 Å². The molecule has 0 heterocycles.